The van der Waals surface area contributed by atoms with E-state index in [2.05, 4.69) is 10.6 Å². The lowest BCUT2D eigenvalue weighted by Crippen LogP contribution is -2.46. The maximum absolute atomic E-state index is 13.0. The molecule has 10 nitrogen and oxygen atoms in total. The predicted octanol–water partition coefficient (Wildman–Crippen LogP) is 3.67. The van der Waals surface area contributed by atoms with E-state index in [0.717, 1.165) is 31.2 Å². The first kappa shape index (κ1) is 25.5. The van der Waals surface area contributed by atoms with E-state index in [-0.39, 0.29) is 29.1 Å². The molecule has 1 atom stereocenters. The number of primary amides is 2. The van der Waals surface area contributed by atoms with Crippen molar-refractivity contribution >= 4 is 40.3 Å². The first-order valence-corrected chi connectivity index (χ1v) is 13.0. The molecule has 192 valence electrons. The highest BCUT2D eigenvalue weighted by Gasteiger charge is 2.28. The maximum atomic E-state index is 13.0. The van der Waals surface area contributed by atoms with Gasteiger partial charge >= 0.3 is 18.0 Å². The maximum Gasteiger partial charge on any atom is 0.341 e. The molecule has 36 heavy (non-hydrogen) atoms. The number of urea groups is 2. The van der Waals surface area contributed by atoms with Crippen LogP contribution in [-0.2, 0) is 4.74 Å². The third-order valence-electron chi connectivity index (χ3n) is 6.52. The third kappa shape index (κ3) is 6.34. The van der Waals surface area contributed by atoms with Crippen LogP contribution in [0.4, 0.5) is 14.6 Å². The van der Waals surface area contributed by atoms with Gasteiger partial charge in [-0.2, -0.15) is 0 Å². The zero-order valence-corrected chi connectivity index (χ0v) is 20.8. The van der Waals surface area contributed by atoms with Crippen molar-refractivity contribution in [1.82, 2.24) is 10.2 Å². The van der Waals surface area contributed by atoms with Gasteiger partial charge in [-0.1, -0.05) is 31.4 Å². The van der Waals surface area contributed by atoms with Crippen molar-refractivity contribution in [3.63, 3.8) is 0 Å². The molecule has 1 aromatic carbocycles. The number of nitrogens with one attached hydrogen (secondary N) is 2. The molecule has 2 heterocycles. The number of hydrogen-bond acceptors (Lipinski definition) is 6. The molecule has 5 amide bonds. The number of rotatable bonds is 6. The number of amides is 5. The van der Waals surface area contributed by atoms with E-state index in [1.807, 2.05) is 0 Å². The van der Waals surface area contributed by atoms with Gasteiger partial charge in [0.1, 0.15) is 11.1 Å². The Morgan fingerprint density at radius 1 is 0.972 bits per heavy atom. The number of likely N-dealkylation sites (tertiary alicyclic amines) is 1. The van der Waals surface area contributed by atoms with Crippen molar-refractivity contribution in [3.05, 3.63) is 41.5 Å². The van der Waals surface area contributed by atoms with Gasteiger partial charge in [0.05, 0.1) is 12.1 Å². The summed E-state index contributed by atoms with van der Waals surface area (Å²) in [7, 11) is 0. The van der Waals surface area contributed by atoms with Crippen LogP contribution in [0.1, 0.15) is 65.7 Å². The standard InChI is InChI=1S/C25H31N5O5S/c26-24(33)29-22-19(23(32)35-18-7-4-12-30(14-18)25(27)34)13-20(36-22)15-8-10-16(11-9-15)21(31)28-17-5-2-1-3-6-17/h8-11,13,17-18H,1-7,12,14H2,(H2,27,34)(H,28,31)(H3,26,29,33). The first-order chi connectivity index (χ1) is 17.3. The van der Waals surface area contributed by atoms with E-state index < -0.39 is 24.1 Å². The summed E-state index contributed by atoms with van der Waals surface area (Å²) in [5, 5.41) is 5.86. The van der Waals surface area contributed by atoms with Crippen molar-refractivity contribution in [3.8, 4) is 10.4 Å². The zero-order chi connectivity index (χ0) is 25.7. The van der Waals surface area contributed by atoms with Crippen LogP contribution in [0.25, 0.3) is 10.4 Å². The van der Waals surface area contributed by atoms with Gasteiger partial charge in [-0.15, -0.1) is 11.3 Å². The number of ether oxygens (including phenoxy) is 1. The SMILES string of the molecule is NC(=O)Nc1sc(-c2ccc(C(=O)NC3CCCCC3)cc2)cc1C(=O)OC1CCCN(C(N)=O)C1. The van der Waals surface area contributed by atoms with E-state index >= 15 is 0 Å². The van der Waals surface area contributed by atoms with E-state index in [1.165, 1.54) is 22.7 Å². The minimum atomic E-state index is -0.801. The lowest BCUT2D eigenvalue weighted by atomic mass is 9.95. The van der Waals surface area contributed by atoms with Crippen molar-refractivity contribution < 1.29 is 23.9 Å². The van der Waals surface area contributed by atoms with E-state index in [4.69, 9.17) is 16.2 Å². The molecule has 1 aliphatic heterocycles. The molecule has 1 aromatic heterocycles. The third-order valence-corrected chi connectivity index (χ3v) is 7.62. The van der Waals surface area contributed by atoms with Gasteiger partial charge in [-0.25, -0.2) is 14.4 Å². The number of carbonyl (C=O) groups is 4. The topological polar surface area (TPSA) is 157 Å². The second-order valence-electron chi connectivity index (χ2n) is 9.18. The second kappa shape index (κ2) is 11.4. The van der Waals surface area contributed by atoms with Gasteiger partial charge in [0.25, 0.3) is 5.91 Å². The molecule has 2 aromatic rings. The fraction of sp³-hybridized carbons (Fsp3) is 0.440. The van der Waals surface area contributed by atoms with E-state index in [0.29, 0.717) is 29.8 Å². The number of hydrogen-bond donors (Lipinski definition) is 4. The minimum absolute atomic E-state index is 0.0996. The quantitative estimate of drug-likeness (QED) is 0.434. The van der Waals surface area contributed by atoms with Crippen LogP contribution in [0.15, 0.2) is 30.3 Å². The lowest BCUT2D eigenvalue weighted by molar-refractivity contribution is 0.0129. The summed E-state index contributed by atoms with van der Waals surface area (Å²) in [6.45, 7) is 0.746. The summed E-state index contributed by atoms with van der Waals surface area (Å²) in [4.78, 5) is 50.8. The molecule has 1 saturated carbocycles. The smallest absolute Gasteiger partial charge is 0.341 e. The number of nitrogens with zero attached hydrogens (tertiary/aromatic N) is 1. The summed E-state index contributed by atoms with van der Waals surface area (Å²) in [6, 6.07) is 7.58. The molecule has 1 saturated heterocycles. The number of piperidine rings is 1. The normalized spacial score (nSPS) is 18.3. The summed E-state index contributed by atoms with van der Waals surface area (Å²) >= 11 is 1.18. The average Bonchev–Trinajstić information content (AvgIpc) is 3.28. The Morgan fingerprint density at radius 3 is 2.36 bits per heavy atom. The van der Waals surface area contributed by atoms with E-state index in [9.17, 15) is 19.2 Å². The fourth-order valence-corrected chi connectivity index (χ4v) is 5.70. The van der Waals surface area contributed by atoms with Crippen LogP contribution in [-0.4, -0.2) is 54.1 Å². The highest BCUT2D eigenvalue weighted by Crippen LogP contribution is 2.36. The van der Waals surface area contributed by atoms with Crippen LogP contribution in [0.3, 0.4) is 0 Å². The summed E-state index contributed by atoms with van der Waals surface area (Å²) in [5.41, 5.74) is 12.2. The lowest BCUT2D eigenvalue weighted by Gasteiger charge is -2.31. The number of anilines is 1. The fourth-order valence-electron chi connectivity index (χ4n) is 4.64. The summed E-state index contributed by atoms with van der Waals surface area (Å²) in [5.74, 6) is -0.724. The van der Waals surface area contributed by atoms with Gasteiger partial charge in [0, 0.05) is 23.0 Å². The number of thiophene rings is 1. The highest BCUT2D eigenvalue weighted by molar-refractivity contribution is 7.20. The van der Waals surface area contributed by atoms with Crippen LogP contribution in [0, 0.1) is 0 Å². The van der Waals surface area contributed by atoms with Gasteiger partial charge in [-0.3, -0.25) is 10.1 Å². The van der Waals surface area contributed by atoms with Gasteiger partial charge < -0.3 is 26.4 Å². The van der Waals surface area contributed by atoms with Crippen molar-refractivity contribution in [1.29, 1.82) is 0 Å². The highest BCUT2D eigenvalue weighted by atomic mass is 32.1. The second-order valence-corrected chi connectivity index (χ2v) is 10.2. The minimum Gasteiger partial charge on any atom is -0.457 e. The molecule has 0 bridgehead atoms. The number of nitrogens with two attached hydrogens (primary N) is 2. The molecule has 2 aliphatic rings. The Balaban J connectivity index is 1.48. The van der Waals surface area contributed by atoms with Crippen molar-refractivity contribution in [2.75, 3.05) is 18.4 Å². The molecular weight excluding hydrogens is 482 g/mol. The molecule has 1 unspecified atom stereocenters. The van der Waals surface area contributed by atoms with E-state index in [1.54, 1.807) is 30.3 Å². The number of benzene rings is 1. The Labute approximate surface area is 213 Å². The summed E-state index contributed by atoms with van der Waals surface area (Å²) in [6.07, 6.45) is 6.29. The molecule has 11 heteroatoms. The van der Waals surface area contributed by atoms with Crippen LogP contribution >= 0.6 is 11.3 Å². The van der Waals surface area contributed by atoms with Crippen LogP contribution < -0.4 is 22.1 Å². The van der Waals surface area contributed by atoms with Gasteiger partial charge in [0.2, 0.25) is 0 Å². The average molecular weight is 514 g/mol. The molecule has 1 aliphatic carbocycles. The molecule has 2 fully saturated rings. The Bertz CT molecular complexity index is 1130. The first-order valence-electron chi connectivity index (χ1n) is 12.2. The Hall–Kier alpha value is -3.60. The Kier molecular flexibility index (Phi) is 8.09. The predicted molar refractivity (Wildman–Crippen MR) is 137 cm³/mol. The molecular formula is C25H31N5O5S. The Morgan fingerprint density at radius 2 is 1.69 bits per heavy atom. The number of esters is 1. The van der Waals surface area contributed by atoms with Crippen LogP contribution in [0.2, 0.25) is 0 Å². The summed E-state index contributed by atoms with van der Waals surface area (Å²) < 4.78 is 5.63. The van der Waals surface area contributed by atoms with Crippen LogP contribution in [0.5, 0.6) is 0 Å². The molecule has 0 spiro atoms. The molecule has 0 radical (unpaired) electrons. The monoisotopic (exact) mass is 513 g/mol. The van der Waals surface area contributed by atoms with Crippen molar-refractivity contribution in [2.24, 2.45) is 11.5 Å². The molecule has 6 N–H and O–H groups in total. The number of carbonyl (C=O) groups excluding carboxylic acids is 4. The van der Waals surface area contributed by atoms with Gasteiger partial charge in [0.15, 0.2) is 0 Å². The van der Waals surface area contributed by atoms with Gasteiger partial charge in [-0.05, 0) is 49.4 Å². The molecule has 4 rings (SSSR count). The van der Waals surface area contributed by atoms with Crippen molar-refractivity contribution in [2.45, 2.75) is 57.1 Å². The zero-order valence-electron chi connectivity index (χ0n) is 20.0. The largest absolute Gasteiger partial charge is 0.457 e.